The fourth-order valence-corrected chi connectivity index (χ4v) is 2.30. The highest BCUT2D eigenvalue weighted by Crippen LogP contribution is 2.20. The lowest BCUT2D eigenvalue weighted by Crippen LogP contribution is -2.13. The van der Waals surface area contributed by atoms with Crippen molar-refractivity contribution in [1.82, 2.24) is 9.78 Å². The Morgan fingerprint density at radius 1 is 1.43 bits per heavy atom. The number of nitrogens with zero attached hydrogens (tertiary/aromatic N) is 2. The summed E-state index contributed by atoms with van der Waals surface area (Å²) in [5.74, 6) is 5.54. The van der Waals surface area contributed by atoms with Crippen LogP contribution in [0.4, 0.5) is 0 Å². The number of aromatic nitrogens is 2. The largest absolute Gasteiger partial charge is 0.465 e. The first kappa shape index (κ1) is 15.6. The Balaban J connectivity index is 2.09. The van der Waals surface area contributed by atoms with E-state index in [0.717, 1.165) is 10.0 Å². The van der Waals surface area contributed by atoms with Gasteiger partial charge in [-0.25, -0.2) is 0 Å². The van der Waals surface area contributed by atoms with E-state index < -0.39 is 0 Å². The smallest absolute Gasteiger partial charge is 0.327 e. The number of hydrogen-bond donors (Lipinski definition) is 0. The van der Waals surface area contributed by atoms with E-state index in [9.17, 15) is 4.79 Å². The lowest BCUT2D eigenvalue weighted by Gasteiger charge is -2.00. The molecule has 0 aliphatic carbocycles. The lowest BCUT2D eigenvalue weighted by atomic mass is 10.2. The summed E-state index contributed by atoms with van der Waals surface area (Å²) < 4.78 is 7.24. The first-order chi connectivity index (χ1) is 10.1. The third kappa shape index (κ3) is 4.62. The number of carbonyl (C=O) groups excluding carboxylic acids is 1. The van der Waals surface area contributed by atoms with Crippen molar-refractivity contribution in [2.24, 2.45) is 0 Å². The van der Waals surface area contributed by atoms with Crippen molar-refractivity contribution in [3.05, 3.63) is 51.2 Å². The molecule has 0 saturated carbocycles. The van der Waals surface area contributed by atoms with E-state index in [1.54, 1.807) is 25.3 Å². The van der Waals surface area contributed by atoms with Crippen LogP contribution in [0.5, 0.6) is 0 Å². The molecular formula is C15H12BrClN2O2. The van der Waals surface area contributed by atoms with Crippen LogP contribution in [0, 0.1) is 11.8 Å². The van der Waals surface area contributed by atoms with Gasteiger partial charge in [-0.2, -0.15) is 5.10 Å². The van der Waals surface area contributed by atoms with Crippen molar-refractivity contribution in [2.45, 2.75) is 13.5 Å². The Morgan fingerprint density at radius 2 is 2.24 bits per heavy atom. The van der Waals surface area contributed by atoms with Crippen molar-refractivity contribution in [1.29, 1.82) is 0 Å². The first-order valence-electron chi connectivity index (χ1n) is 6.24. The van der Waals surface area contributed by atoms with Gasteiger partial charge in [-0.3, -0.25) is 9.48 Å². The zero-order valence-corrected chi connectivity index (χ0v) is 13.6. The molecule has 0 atom stereocenters. The third-order valence-electron chi connectivity index (χ3n) is 2.49. The summed E-state index contributed by atoms with van der Waals surface area (Å²) in [5.41, 5.74) is 1.29. The molecule has 0 bridgehead atoms. The van der Waals surface area contributed by atoms with E-state index >= 15 is 0 Å². The molecule has 0 aliphatic heterocycles. The fraction of sp³-hybridized carbons (Fsp3) is 0.200. The molecule has 0 spiro atoms. The second kappa shape index (κ2) is 7.30. The molecule has 2 rings (SSSR count). The maximum atomic E-state index is 11.3. The predicted molar refractivity (Wildman–Crippen MR) is 84.0 cm³/mol. The Morgan fingerprint density at radius 3 is 2.95 bits per heavy atom. The van der Waals surface area contributed by atoms with E-state index in [-0.39, 0.29) is 12.5 Å². The number of esters is 1. The minimum absolute atomic E-state index is 0.0779. The molecule has 108 valence electrons. The van der Waals surface area contributed by atoms with Gasteiger partial charge in [0.25, 0.3) is 0 Å². The highest BCUT2D eigenvalue weighted by Gasteiger charge is 2.04. The number of carbonyl (C=O) groups is 1. The van der Waals surface area contributed by atoms with Crippen LogP contribution >= 0.6 is 27.5 Å². The van der Waals surface area contributed by atoms with Crippen molar-refractivity contribution >= 4 is 33.5 Å². The molecule has 6 heteroatoms. The molecule has 1 heterocycles. The van der Waals surface area contributed by atoms with Crippen molar-refractivity contribution in [3.8, 4) is 11.8 Å². The van der Waals surface area contributed by atoms with Crippen molar-refractivity contribution in [3.63, 3.8) is 0 Å². The second-order valence-electron chi connectivity index (χ2n) is 4.08. The molecule has 1 aromatic heterocycles. The summed E-state index contributed by atoms with van der Waals surface area (Å²) in [7, 11) is 0. The van der Waals surface area contributed by atoms with Crippen LogP contribution in [-0.2, 0) is 16.1 Å². The number of rotatable bonds is 3. The molecule has 21 heavy (non-hydrogen) atoms. The Labute approximate surface area is 136 Å². The van der Waals surface area contributed by atoms with E-state index in [1.807, 2.05) is 12.1 Å². The van der Waals surface area contributed by atoms with Gasteiger partial charge in [0.1, 0.15) is 12.2 Å². The lowest BCUT2D eigenvalue weighted by molar-refractivity contribution is -0.144. The third-order valence-corrected chi connectivity index (χ3v) is 3.30. The highest BCUT2D eigenvalue weighted by molar-refractivity contribution is 9.10. The van der Waals surface area contributed by atoms with Crippen LogP contribution in [0.3, 0.4) is 0 Å². The van der Waals surface area contributed by atoms with Crippen molar-refractivity contribution < 1.29 is 9.53 Å². The summed E-state index contributed by atoms with van der Waals surface area (Å²) >= 11 is 9.42. The molecule has 0 N–H and O–H groups in total. The summed E-state index contributed by atoms with van der Waals surface area (Å²) in [6.07, 6.45) is 1.68. The number of ether oxygens (including phenoxy) is 1. The fourth-order valence-electron chi connectivity index (χ4n) is 1.58. The number of halogens is 2. The van der Waals surface area contributed by atoms with Crippen LogP contribution in [0.25, 0.3) is 0 Å². The molecule has 0 amide bonds. The van der Waals surface area contributed by atoms with E-state index in [1.165, 1.54) is 4.68 Å². The van der Waals surface area contributed by atoms with Gasteiger partial charge in [-0.1, -0.05) is 33.5 Å². The molecule has 2 aromatic rings. The Kier molecular flexibility index (Phi) is 5.43. The Bertz CT molecular complexity index is 716. The topological polar surface area (TPSA) is 44.1 Å². The van der Waals surface area contributed by atoms with Crippen LogP contribution in [0.15, 0.2) is 34.9 Å². The van der Waals surface area contributed by atoms with Crippen LogP contribution in [-0.4, -0.2) is 22.4 Å². The molecule has 1 aromatic carbocycles. The predicted octanol–water partition coefficient (Wildman–Crippen LogP) is 3.26. The van der Waals surface area contributed by atoms with Gasteiger partial charge in [-0.05, 0) is 37.1 Å². The van der Waals surface area contributed by atoms with Crippen LogP contribution in [0.1, 0.15) is 18.2 Å². The maximum absolute atomic E-state index is 11.3. The van der Waals surface area contributed by atoms with Crippen LogP contribution < -0.4 is 0 Å². The summed E-state index contributed by atoms with van der Waals surface area (Å²) in [6.45, 7) is 2.20. The van der Waals surface area contributed by atoms with Gasteiger partial charge >= 0.3 is 5.97 Å². The quantitative estimate of drug-likeness (QED) is 0.618. The minimum atomic E-state index is -0.323. The maximum Gasteiger partial charge on any atom is 0.327 e. The normalized spacial score (nSPS) is 9.86. The average molecular weight is 368 g/mol. The van der Waals surface area contributed by atoms with Crippen LogP contribution in [0.2, 0.25) is 5.02 Å². The molecule has 0 saturated heterocycles. The van der Waals surface area contributed by atoms with E-state index in [0.29, 0.717) is 17.3 Å². The van der Waals surface area contributed by atoms with Gasteiger partial charge in [0, 0.05) is 16.2 Å². The zero-order chi connectivity index (χ0) is 15.2. The molecule has 4 nitrogen and oxygen atoms in total. The highest BCUT2D eigenvalue weighted by atomic mass is 79.9. The molecule has 0 radical (unpaired) electrons. The number of hydrogen-bond acceptors (Lipinski definition) is 3. The van der Waals surface area contributed by atoms with E-state index in [2.05, 4.69) is 32.9 Å². The molecule has 0 unspecified atom stereocenters. The minimum Gasteiger partial charge on any atom is -0.465 e. The monoisotopic (exact) mass is 366 g/mol. The van der Waals surface area contributed by atoms with Gasteiger partial charge in [0.05, 0.1) is 11.6 Å². The average Bonchev–Trinajstić information content (AvgIpc) is 2.85. The standard InChI is InChI=1S/C15H12BrClN2O2/c1-2-21-15(20)10-19-8-7-13(18-19)6-4-11-3-5-12(16)9-14(11)17/h3,5,7-9H,2,10H2,1H3. The second-order valence-corrected chi connectivity index (χ2v) is 5.40. The SMILES string of the molecule is CCOC(=O)Cn1ccc(C#Cc2ccc(Br)cc2Cl)n1. The summed E-state index contributed by atoms with van der Waals surface area (Å²) in [4.78, 5) is 11.3. The summed E-state index contributed by atoms with van der Waals surface area (Å²) in [6, 6.07) is 7.22. The zero-order valence-electron chi connectivity index (χ0n) is 11.3. The van der Waals surface area contributed by atoms with Gasteiger partial charge in [-0.15, -0.1) is 0 Å². The molecule has 0 aliphatic rings. The molecule has 0 fully saturated rings. The molecular weight excluding hydrogens is 356 g/mol. The number of benzene rings is 1. The van der Waals surface area contributed by atoms with E-state index in [4.69, 9.17) is 16.3 Å². The van der Waals surface area contributed by atoms with Gasteiger partial charge in [0.15, 0.2) is 0 Å². The van der Waals surface area contributed by atoms with Gasteiger partial charge < -0.3 is 4.74 Å². The summed E-state index contributed by atoms with van der Waals surface area (Å²) in [5, 5.41) is 4.76. The van der Waals surface area contributed by atoms with Crippen molar-refractivity contribution in [2.75, 3.05) is 6.61 Å². The Hall–Kier alpha value is -1.77. The first-order valence-corrected chi connectivity index (χ1v) is 7.41. The van der Waals surface area contributed by atoms with Gasteiger partial charge in [0.2, 0.25) is 0 Å².